The first-order chi connectivity index (χ1) is 20.8. The van der Waals surface area contributed by atoms with Crippen molar-refractivity contribution in [1.29, 1.82) is 0 Å². The highest BCUT2D eigenvalue weighted by molar-refractivity contribution is 6.35. The second kappa shape index (κ2) is 12.0. The van der Waals surface area contributed by atoms with E-state index in [0.717, 1.165) is 10.9 Å². The lowest BCUT2D eigenvalue weighted by Gasteiger charge is -2.16. The van der Waals surface area contributed by atoms with Crippen LogP contribution in [0.4, 0.5) is 0 Å². The van der Waals surface area contributed by atoms with Gasteiger partial charge in [-0.2, -0.15) is 9.78 Å². The van der Waals surface area contributed by atoms with Gasteiger partial charge in [-0.1, -0.05) is 53.0 Å². The molecule has 11 heteroatoms. The highest BCUT2D eigenvalue weighted by Gasteiger charge is 2.18. The van der Waals surface area contributed by atoms with Crippen LogP contribution >= 0.6 is 34.8 Å². The van der Waals surface area contributed by atoms with E-state index in [9.17, 15) is 4.79 Å². The molecule has 0 fully saturated rings. The van der Waals surface area contributed by atoms with Gasteiger partial charge in [-0.25, -0.2) is 4.98 Å². The van der Waals surface area contributed by atoms with Crippen molar-refractivity contribution >= 4 is 62.9 Å². The molecule has 0 atom stereocenters. The van der Waals surface area contributed by atoms with Gasteiger partial charge < -0.3 is 18.6 Å². The van der Waals surface area contributed by atoms with Gasteiger partial charge in [0.1, 0.15) is 12.2 Å². The molecule has 0 aliphatic carbocycles. The lowest BCUT2D eigenvalue weighted by atomic mass is 10.2. The van der Waals surface area contributed by atoms with Crippen LogP contribution in [-0.2, 0) is 6.61 Å². The number of halogens is 3. The van der Waals surface area contributed by atoms with Crippen molar-refractivity contribution in [3.05, 3.63) is 115 Å². The number of aromatic nitrogens is 2. The quantitative estimate of drug-likeness (QED) is 0.157. The Kier molecular flexibility index (Phi) is 7.99. The molecular formula is C32H22Cl3N3O5. The zero-order chi connectivity index (χ0) is 30.1. The smallest absolute Gasteiger partial charge is 0.282 e. The summed E-state index contributed by atoms with van der Waals surface area (Å²) in [5, 5.41) is 7.28. The summed E-state index contributed by atoms with van der Waals surface area (Å²) in [6.45, 7) is 0.153. The molecule has 4 aromatic carbocycles. The van der Waals surface area contributed by atoms with Crippen LogP contribution in [-0.4, -0.2) is 30.1 Å². The Hall–Kier alpha value is -4.50. The summed E-state index contributed by atoms with van der Waals surface area (Å²) < 4.78 is 24.5. The summed E-state index contributed by atoms with van der Waals surface area (Å²) in [5.41, 5.74) is 2.06. The van der Waals surface area contributed by atoms with Gasteiger partial charge in [0.25, 0.3) is 5.56 Å². The number of rotatable bonds is 8. The molecule has 8 nitrogen and oxygen atoms in total. The van der Waals surface area contributed by atoms with Crippen molar-refractivity contribution in [3.63, 3.8) is 0 Å². The predicted octanol–water partition coefficient (Wildman–Crippen LogP) is 8.25. The van der Waals surface area contributed by atoms with Gasteiger partial charge in [0.05, 0.1) is 31.3 Å². The average Bonchev–Trinajstić information content (AvgIpc) is 3.43. The van der Waals surface area contributed by atoms with Crippen LogP contribution < -0.4 is 19.8 Å². The van der Waals surface area contributed by atoms with E-state index < -0.39 is 0 Å². The topological polar surface area (TPSA) is 88.1 Å². The molecule has 0 saturated carbocycles. The second-order valence-corrected chi connectivity index (χ2v) is 10.7. The molecule has 0 saturated heterocycles. The van der Waals surface area contributed by atoms with Crippen molar-refractivity contribution < 1.29 is 18.6 Å². The van der Waals surface area contributed by atoms with Crippen molar-refractivity contribution in [2.24, 2.45) is 5.10 Å². The normalized spacial score (nSPS) is 11.5. The van der Waals surface area contributed by atoms with E-state index in [1.165, 1.54) is 25.1 Å². The highest BCUT2D eigenvalue weighted by Crippen LogP contribution is 2.39. The first-order valence-electron chi connectivity index (χ1n) is 12.9. The fraction of sp³-hybridized carbons (Fsp3) is 0.0938. The summed E-state index contributed by atoms with van der Waals surface area (Å²) in [6.07, 6.45) is 1.51. The summed E-state index contributed by atoms with van der Waals surface area (Å²) in [7, 11) is 3.03. The summed E-state index contributed by atoms with van der Waals surface area (Å²) in [4.78, 5) is 18.4. The second-order valence-electron chi connectivity index (χ2n) is 9.39. The maximum atomic E-state index is 13.6. The molecule has 2 heterocycles. The molecule has 43 heavy (non-hydrogen) atoms. The number of ether oxygens (including phenoxy) is 3. The van der Waals surface area contributed by atoms with E-state index in [0.29, 0.717) is 60.1 Å². The molecule has 216 valence electrons. The predicted molar refractivity (Wildman–Crippen MR) is 170 cm³/mol. The number of hydrogen-bond donors (Lipinski definition) is 0. The third-order valence-electron chi connectivity index (χ3n) is 6.64. The number of methoxy groups -OCH3 is 2. The number of fused-ring (bicyclic) bond motifs is 2. The molecule has 0 radical (unpaired) electrons. The largest absolute Gasteiger partial charge is 0.493 e. The van der Waals surface area contributed by atoms with Crippen molar-refractivity contribution in [1.82, 2.24) is 9.66 Å². The fourth-order valence-corrected chi connectivity index (χ4v) is 5.19. The fourth-order valence-electron chi connectivity index (χ4n) is 4.54. The minimum absolute atomic E-state index is 0.153. The Morgan fingerprint density at radius 3 is 2.37 bits per heavy atom. The number of benzene rings is 4. The molecule has 0 bridgehead atoms. The Morgan fingerprint density at radius 1 is 0.907 bits per heavy atom. The molecule has 6 rings (SSSR count). The van der Waals surface area contributed by atoms with Gasteiger partial charge in [0.15, 0.2) is 17.3 Å². The van der Waals surface area contributed by atoms with Gasteiger partial charge in [-0.05, 0) is 60.7 Å². The van der Waals surface area contributed by atoms with E-state index in [-0.39, 0.29) is 18.0 Å². The molecule has 0 unspecified atom stereocenters. The lowest BCUT2D eigenvalue weighted by molar-refractivity contribution is 0.266. The van der Waals surface area contributed by atoms with Gasteiger partial charge >= 0.3 is 0 Å². The van der Waals surface area contributed by atoms with E-state index in [1.54, 1.807) is 72.8 Å². The van der Waals surface area contributed by atoms with Crippen LogP contribution in [0.25, 0.3) is 33.5 Å². The Bertz CT molecular complexity index is 2060. The summed E-state index contributed by atoms with van der Waals surface area (Å²) in [6, 6.07) is 22.7. The first-order valence-corrected chi connectivity index (χ1v) is 14.1. The summed E-state index contributed by atoms with van der Waals surface area (Å²) in [5.74, 6) is 1.75. The summed E-state index contributed by atoms with van der Waals surface area (Å²) >= 11 is 18.5. The Labute approximate surface area is 260 Å². The number of furan rings is 1. The average molecular weight is 635 g/mol. The van der Waals surface area contributed by atoms with Gasteiger partial charge in [0, 0.05) is 31.6 Å². The Morgan fingerprint density at radius 2 is 1.63 bits per heavy atom. The standard InChI is InChI=1S/C32H22Cl3N3O5/c1-40-27-11-18(12-28(41-2)30(27)42-17-19-7-8-22(34)15-24(19)35)16-36-38-31(37-25-6-4-3-5-23(25)32(38)39)29-14-20-13-21(33)9-10-26(20)43-29/h3-16H,17H2,1-2H3. The molecule has 6 aromatic rings. The van der Waals surface area contributed by atoms with Crippen LogP contribution in [0.2, 0.25) is 15.1 Å². The third kappa shape index (κ3) is 5.77. The van der Waals surface area contributed by atoms with E-state index in [4.69, 9.17) is 58.4 Å². The first kappa shape index (κ1) is 28.6. The zero-order valence-electron chi connectivity index (χ0n) is 22.8. The Balaban J connectivity index is 1.41. The molecule has 0 aliphatic heterocycles. The molecule has 0 spiro atoms. The number of nitrogens with zero attached hydrogens (tertiary/aromatic N) is 3. The van der Waals surface area contributed by atoms with E-state index in [1.807, 2.05) is 6.07 Å². The molecular weight excluding hydrogens is 613 g/mol. The number of para-hydroxylation sites is 1. The minimum Gasteiger partial charge on any atom is -0.493 e. The molecule has 0 N–H and O–H groups in total. The molecule has 0 aliphatic rings. The van der Waals surface area contributed by atoms with Crippen molar-refractivity contribution in [2.45, 2.75) is 6.61 Å². The van der Waals surface area contributed by atoms with Gasteiger partial charge in [-0.15, -0.1) is 0 Å². The van der Waals surface area contributed by atoms with Crippen molar-refractivity contribution in [2.75, 3.05) is 14.2 Å². The third-order valence-corrected chi connectivity index (χ3v) is 7.47. The van der Waals surface area contributed by atoms with Crippen LogP contribution in [0.1, 0.15) is 11.1 Å². The van der Waals surface area contributed by atoms with Crippen LogP contribution in [0, 0.1) is 0 Å². The highest BCUT2D eigenvalue weighted by atomic mass is 35.5. The number of hydrogen-bond acceptors (Lipinski definition) is 7. The monoisotopic (exact) mass is 633 g/mol. The SMILES string of the molecule is COc1cc(C=Nn2c(-c3cc4cc(Cl)ccc4o3)nc3ccccc3c2=O)cc(OC)c1OCc1ccc(Cl)cc1Cl. The zero-order valence-corrected chi connectivity index (χ0v) is 25.1. The van der Waals surface area contributed by atoms with Gasteiger partial charge in [-0.3, -0.25) is 4.79 Å². The lowest BCUT2D eigenvalue weighted by Crippen LogP contribution is -2.20. The maximum Gasteiger partial charge on any atom is 0.282 e. The van der Waals surface area contributed by atoms with E-state index >= 15 is 0 Å². The van der Waals surface area contributed by atoms with Gasteiger partial charge in [0.2, 0.25) is 11.6 Å². The van der Waals surface area contributed by atoms with Crippen LogP contribution in [0.5, 0.6) is 17.2 Å². The van der Waals surface area contributed by atoms with Crippen LogP contribution in [0.15, 0.2) is 93.2 Å². The van der Waals surface area contributed by atoms with Crippen molar-refractivity contribution in [3.8, 4) is 28.8 Å². The minimum atomic E-state index is -0.367. The maximum absolute atomic E-state index is 13.6. The van der Waals surface area contributed by atoms with E-state index in [2.05, 4.69) is 5.10 Å². The molecule has 0 amide bonds. The molecule has 2 aromatic heterocycles. The van der Waals surface area contributed by atoms with Crippen LogP contribution in [0.3, 0.4) is 0 Å².